The molecule has 0 radical (unpaired) electrons. The zero-order chi connectivity index (χ0) is 21.0. The van der Waals surface area contributed by atoms with Crippen LogP contribution in [-0.2, 0) is 4.79 Å². The van der Waals surface area contributed by atoms with Gasteiger partial charge in [0.1, 0.15) is 11.5 Å². The van der Waals surface area contributed by atoms with Crippen LogP contribution in [-0.4, -0.2) is 38.1 Å². The third-order valence-corrected chi connectivity index (χ3v) is 5.91. The predicted molar refractivity (Wildman–Crippen MR) is 116 cm³/mol. The molecule has 0 bridgehead atoms. The Morgan fingerprint density at radius 3 is 2.62 bits per heavy atom. The van der Waals surface area contributed by atoms with E-state index in [1.54, 1.807) is 14.2 Å². The van der Waals surface area contributed by atoms with E-state index in [4.69, 9.17) is 9.47 Å². The van der Waals surface area contributed by atoms with Crippen molar-refractivity contribution in [1.29, 1.82) is 0 Å². The summed E-state index contributed by atoms with van der Waals surface area (Å²) >= 11 is 0. The molecule has 0 aromatic heterocycles. The standard InChI is InChI=1S/C24H32N2O3/c1-16-8-9-19(13-17(16)2)18(3)25-24(27)15-26-12-6-7-22(26)21-14-20(28-4)10-11-23(21)29-5/h8-11,13-14,18,22H,6-7,12,15H2,1-5H3,(H,25,27). The van der Waals surface area contributed by atoms with E-state index >= 15 is 0 Å². The van der Waals surface area contributed by atoms with Crippen LogP contribution in [0, 0.1) is 13.8 Å². The number of likely N-dealkylation sites (tertiary alicyclic amines) is 1. The first-order chi connectivity index (χ1) is 13.9. The number of carbonyl (C=O) groups excluding carboxylic acids is 1. The van der Waals surface area contributed by atoms with E-state index in [1.807, 2.05) is 25.1 Å². The summed E-state index contributed by atoms with van der Waals surface area (Å²) < 4.78 is 11.0. The number of hydrogen-bond donors (Lipinski definition) is 1. The van der Waals surface area contributed by atoms with Crippen molar-refractivity contribution in [3.63, 3.8) is 0 Å². The van der Waals surface area contributed by atoms with Crippen molar-refractivity contribution in [2.24, 2.45) is 0 Å². The van der Waals surface area contributed by atoms with Gasteiger partial charge in [0.25, 0.3) is 0 Å². The van der Waals surface area contributed by atoms with E-state index in [0.717, 1.165) is 42.0 Å². The van der Waals surface area contributed by atoms with E-state index in [1.165, 1.54) is 11.1 Å². The molecule has 1 aliphatic rings. The second-order valence-corrected chi connectivity index (χ2v) is 7.87. The summed E-state index contributed by atoms with van der Waals surface area (Å²) in [6.07, 6.45) is 2.06. The summed E-state index contributed by atoms with van der Waals surface area (Å²) in [6, 6.07) is 12.4. The molecule has 3 rings (SSSR count). The summed E-state index contributed by atoms with van der Waals surface area (Å²) in [6.45, 7) is 7.51. The van der Waals surface area contributed by atoms with E-state index in [-0.39, 0.29) is 18.0 Å². The molecule has 2 unspecified atom stereocenters. The number of amides is 1. The minimum Gasteiger partial charge on any atom is -0.497 e. The third-order valence-electron chi connectivity index (χ3n) is 5.91. The Balaban J connectivity index is 1.69. The molecule has 1 amide bonds. The number of benzene rings is 2. The molecule has 1 fully saturated rings. The van der Waals surface area contributed by atoms with Gasteiger partial charge in [0.2, 0.25) is 5.91 Å². The van der Waals surface area contributed by atoms with Crippen molar-refractivity contribution in [2.45, 2.75) is 45.7 Å². The minimum absolute atomic E-state index is 0.0193. The lowest BCUT2D eigenvalue weighted by Crippen LogP contribution is -2.38. The van der Waals surface area contributed by atoms with Crippen LogP contribution in [0.25, 0.3) is 0 Å². The highest BCUT2D eigenvalue weighted by molar-refractivity contribution is 5.78. The van der Waals surface area contributed by atoms with Gasteiger partial charge in [-0.05, 0) is 75.0 Å². The molecule has 1 heterocycles. The van der Waals surface area contributed by atoms with Crippen LogP contribution in [0.1, 0.15) is 54.1 Å². The molecule has 0 spiro atoms. The van der Waals surface area contributed by atoms with Gasteiger partial charge in [-0.3, -0.25) is 9.69 Å². The summed E-state index contributed by atoms with van der Waals surface area (Å²) in [5.41, 5.74) is 4.72. The van der Waals surface area contributed by atoms with Crippen LogP contribution in [0.2, 0.25) is 0 Å². The van der Waals surface area contributed by atoms with Gasteiger partial charge in [-0.25, -0.2) is 0 Å². The number of carbonyl (C=O) groups is 1. The first-order valence-electron chi connectivity index (χ1n) is 10.3. The van der Waals surface area contributed by atoms with Crippen LogP contribution in [0.15, 0.2) is 36.4 Å². The highest BCUT2D eigenvalue weighted by Gasteiger charge is 2.30. The van der Waals surface area contributed by atoms with E-state index < -0.39 is 0 Å². The van der Waals surface area contributed by atoms with Crippen LogP contribution in [0.4, 0.5) is 0 Å². The van der Waals surface area contributed by atoms with Gasteiger partial charge in [0.05, 0.1) is 26.8 Å². The van der Waals surface area contributed by atoms with Gasteiger partial charge in [0, 0.05) is 11.6 Å². The Kier molecular flexibility index (Phi) is 6.80. The second-order valence-electron chi connectivity index (χ2n) is 7.87. The maximum atomic E-state index is 12.8. The fraction of sp³-hybridized carbons (Fsp3) is 0.458. The first-order valence-corrected chi connectivity index (χ1v) is 10.3. The number of ether oxygens (including phenoxy) is 2. The van der Waals surface area contributed by atoms with Crippen LogP contribution < -0.4 is 14.8 Å². The van der Waals surface area contributed by atoms with Crippen LogP contribution in [0.5, 0.6) is 11.5 Å². The molecule has 5 heteroatoms. The van der Waals surface area contributed by atoms with Crippen LogP contribution in [0.3, 0.4) is 0 Å². The molecular weight excluding hydrogens is 364 g/mol. The van der Waals surface area contributed by atoms with Crippen molar-refractivity contribution in [1.82, 2.24) is 10.2 Å². The molecule has 2 aromatic rings. The Morgan fingerprint density at radius 1 is 1.14 bits per heavy atom. The number of nitrogens with zero attached hydrogens (tertiary/aromatic N) is 1. The molecule has 2 aromatic carbocycles. The molecular formula is C24H32N2O3. The predicted octanol–water partition coefficient (Wildman–Crippen LogP) is 4.33. The van der Waals surface area contributed by atoms with Crippen molar-refractivity contribution in [3.05, 3.63) is 58.7 Å². The summed E-state index contributed by atoms with van der Waals surface area (Å²) in [4.78, 5) is 15.0. The smallest absolute Gasteiger partial charge is 0.234 e. The molecule has 1 aliphatic heterocycles. The number of methoxy groups -OCH3 is 2. The molecule has 1 N–H and O–H groups in total. The molecule has 156 valence electrons. The average Bonchev–Trinajstić information content (AvgIpc) is 3.17. The van der Waals surface area contributed by atoms with Gasteiger partial charge in [-0.15, -0.1) is 0 Å². The Hall–Kier alpha value is -2.53. The number of nitrogens with one attached hydrogen (secondary N) is 1. The van der Waals surface area contributed by atoms with Crippen molar-refractivity contribution in [3.8, 4) is 11.5 Å². The molecule has 0 saturated carbocycles. The maximum Gasteiger partial charge on any atom is 0.234 e. The molecule has 1 saturated heterocycles. The SMILES string of the molecule is COc1ccc(OC)c(C2CCCN2CC(=O)NC(C)c2ccc(C)c(C)c2)c1. The third kappa shape index (κ3) is 4.91. The topological polar surface area (TPSA) is 50.8 Å². The number of rotatable bonds is 7. The average molecular weight is 397 g/mol. The Morgan fingerprint density at radius 2 is 1.93 bits per heavy atom. The molecule has 0 aliphatic carbocycles. The minimum atomic E-state index is -0.0193. The van der Waals surface area contributed by atoms with Gasteiger partial charge < -0.3 is 14.8 Å². The zero-order valence-corrected chi connectivity index (χ0v) is 18.1. The van der Waals surface area contributed by atoms with Crippen molar-refractivity contribution < 1.29 is 14.3 Å². The van der Waals surface area contributed by atoms with Crippen molar-refractivity contribution >= 4 is 5.91 Å². The number of aryl methyl sites for hydroxylation is 2. The quantitative estimate of drug-likeness (QED) is 0.757. The number of hydrogen-bond acceptors (Lipinski definition) is 4. The molecule has 2 atom stereocenters. The molecule has 29 heavy (non-hydrogen) atoms. The second kappa shape index (κ2) is 9.31. The Bertz CT molecular complexity index is 865. The molecule has 5 nitrogen and oxygen atoms in total. The summed E-state index contributed by atoms with van der Waals surface area (Å²) in [5, 5.41) is 3.16. The van der Waals surface area contributed by atoms with E-state index in [9.17, 15) is 4.79 Å². The highest BCUT2D eigenvalue weighted by Crippen LogP contribution is 2.38. The first kappa shape index (κ1) is 21.2. The zero-order valence-electron chi connectivity index (χ0n) is 18.1. The Labute approximate surface area is 174 Å². The lowest BCUT2D eigenvalue weighted by Gasteiger charge is -2.26. The van der Waals surface area contributed by atoms with E-state index in [2.05, 4.69) is 42.3 Å². The highest BCUT2D eigenvalue weighted by atomic mass is 16.5. The monoisotopic (exact) mass is 396 g/mol. The normalized spacial score (nSPS) is 17.8. The summed E-state index contributed by atoms with van der Waals surface area (Å²) in [7, 11) is 3.35. The van der Waals surface area contributed by atoms with Gasteiger partial charge in [-0.1, -0.05) is 18.2 Å². The van der Waals surface area contributed by atoms with Gasteiger partial charge in [-0.2, -0.15) is 0 Å². The fourth-order valence-electron chi connectivity index (χ4n) is 4.06. The van der Waals surface area contributed by atoms with Crippen molar-refractivity contribution in [2.75, 3.05) is 27.3 Å². The summed E-state index contributed by atoms with van der Waals surface area (Å²) in [5.74, 6) is 1.69. The van der Waals surface area contributed by atoms with Gasteiger partial charge in [0.15, 0.2) is 0 Å². The van der Waals surface area contributed by atoms with Crippen LogP contribution >= 0.6 is 0 Å². The largest absolute Gasteiger partial charge is 0.497 e. The van der Waals surface area contributed by atoms with E-state index in [0.29, 0.717) is 6.54 Å². The maximum absolute atomic E-state index is 12.8. The lowest BCUT2D eigenvalue weighted by molar-refractivity contribution is -0.123. The van der Waals surface area contributed by atoms with Gasteiger partial charge >= 0.3 is 0 Å². The fourth-order valence-corrected chi connectivity index (χ4v) is 4.06. The lowest BCUT2D eigenvalue weighted by atomic mass is 10.0.